The molecule has 0 aliphatic carbocycles. The predicted octanol–water partition coefficient (Wildman–Crippen LogP) is 2.88. The lowest BCUT2D eigenvalue weighted by atomic mass is 10.3. The summed E-state index contributed by atoms with van der Waals surface area (Å²) in [5.74, 6) is 1.76. The average molecular weight is 255 g/mol. The lowest BCUT2D eigenvalue weighted by molar-refractivity contribution is 0.0994. The molecule has 1 amide bonds. The van der Waals surface area contributed by atoms with Crippen LogP contribution in [0.3, 0.4) is 0 Å². The number of nitrogens with zero attached hydrogens (tertiary/aromatic N) is 1. The third kappa shape index (κ3) is 2.50. The number of aromatic nitrogens is 1. The van der Waals surface area contributed by atoms with Crippen LogP contribution in [-0.2, 0) is 5.88 Å². The molecule has 90 valence electrons. The number of furan rings is 1. The molecule has 0 radical (unpaired) electrons. The van der Waals surface area contributed by atoms with Gasteiger partial charge in [-0.15, -0.1) is 11.6 Å². The zero-order chi connectivity index (χ0) is 12.4. The Morgan fingerprint density at radius 3 is 2.76 bits per heavy atom. The van der Waals surface area contributed by atoms with Crippen LogP contribution in [0.2, 0.25) is 0 Å². The minimum Gasteiger partial charge on any atom is -0.456 e. The van der Waals surface area contributed by atoms with Gasteiger partial charge in [-0.3, -0.25) is 4.79 Å². The smallest absolute Gasteiger partial charge is 0.292 e. The van der Waals surface area contributed by atoms with Gasteiger partial charge in [-0.25, -0.2) is 0 Å². The van der Waals surface area contributed by atoms with E-state index in [-0.39, 0.29) is 11.7 Å². The zero-order valence-corrected chi connectivity index (χ0v) is 10.2. The first-order valence-electron chi connectivity index (χ1n) is 5.00. The number of amides is 1. The van der Waals surface area contributed by atoms with Gasteiger partial charge in [0.1, 0.15) is 11.5 Å². The first kappa shape index (κ1) is 11.7. The van der Waals surface area contributed by atoms with Crippen LogP contribution in [-0.4, -0.2) is 11.1 Å². The van der Waals surface area contributed by atoms with Gasteiger partial charge in [-0.1, -0.05) is 5.16 Å². The molecule has 0 saturated heterocycles. The van der Waals surface area contributed by atoms with E-state index in [9.17, 15) is 4.79 Å². The highest BCUT2D eigenvalue weighted by atomic mass is 35.5. The fourth-order valence-electron chi connectivity index (χ4n) is 1.37. The number of rotatable bonds is 3. The van der Waals surface area contributed by atoms with Gasteiger partial charge in [0, 0.05) is 11.6 Å². The normalized spacial score (nSPS) is 10.5. The second-order valence-corrected chi connectivity index (χ2v) is 3.87. The van der Waals surface area contributed by atoms with Gasteiger partial charge < -0.3 is 14.3 Å². The third-order valence-corrected chi connectivity index (χ3v) is 2.55. The van der Waals surface area contributed by atoms with Gasteiger partial charge in [0.25, 0.3) is 5.91 Å². The van der Waals surface area contributed by atoms with Crippen molar-refractivity contribution >= 4 is 23.3 Å². The molecule has 5 nitrogen and oxygen atoms in total. The SMILES string of the molecule is Cc1cc(NC(=O)c2cc(CCl)c(C)o2)no1. The van der Waals surface area contributed by atoms with Gasteiger partial charge in [0.05, 0.1) is 5.88 Å². The van der Waals surface area contributed by atoms with Crippen molar-refractivity contribution in [2.45, 2.75) is 19.7 Å². The van der Waals surface area contributed by atoms with Crippen molar-refractivity contribution in [2.75, 3.05) is 5.32 Å². The molecule has 0 saturated carbocycles. The van der Waals surface area contributed by atoms with Crippen molar-refractivity contribution in [2.24, 2.45) is 0 Å². The summed E-state index contributed by atoms with van der Waals surface area (Å²) in [6.07, 6.45) is 0. The highest BCUT2D eigenvalue weighted by Gasteiger charge is 2.15. The van der Waals surface area contributed by atoms with Gasteiger partial charge >= 0.3 is 0 Å². The van der Waals surface area contributed by atoms with Gasteiger partial charge in [-0.2, -0.15) is 0 Å². The summed E-state index contributed by atoms with van der Waals surface area (Å²) in [6, 6.07) is 3.24. The van der Waals surface area contributed by atoms with E-state index in [1.807, 2.05) is 0 Å². The lowest BCUT2D eigenvalue weighted by Crippen LogP contribution is -2.10. The number of carbonyl (C=O) groups excluding carboxylic acids is 1. The van der Waals surface area contributed by atoms with Crippen molar-refractivity contribution in [3.8, 4) is 0 Å². The number of aryl methyl sites for hydroxylation is 2. The van der Waals surface area contributed by atoms with Crippen LogP contribution in [0.25, 0.3) is 0 Å². The molecular weight excluding hydrogens is 244 g/mol. The molecule has 0 aliphatic heterocycles. The fourth-order valence-corrected chi connectivity index (χ4v) is 1.63. The summed E-state index contributed by atoms with van der Waals surface area (Å²) in [7, 11) is 0. The number of nitrogens with one attached hydrogen (secondary N) is 1. The van der Waals surface area contributed by atoms with Crippen LogP contribution in [0.4, 0.5) is 5.82 Å². The summed E-state index contributed by atoms with van der Waals surface area (Å²) < 4.78 is 10.1. The molecule has 0 aliphatic rings. The summed E-state index contributed by atoms with van der Waals surface area (Å²) in [5.41, 5.74) is 0.799. The molecule has 0 fully saturated rings. The van der Waals surface area contributed by atoms with E-state index in [1.54, 1.807) is 26.0 Å². The number of hydrogen-bond donors (Lipinski definition) is 1. The maximum Gasteiger partial charge on any atom is 0.292 e. The minimum atomic E-state index is -0.377. The predicted molar refractivity (Wildman–Crippen MR) is 62.2 cm³/mol. The second kappa shape index (κ2) is 4.63. The van der Waals surface area contributed by atoms with Crippen LogP contribution < -0.4 is 5.32 Å². The van der Waals surface area contributed by atoms with E-state index in [1.165, 1.54) is 0 Å². The van der Waals surface area contributed by atoms with Crippen molar-refractivity contribution < 1.29 is 13.7 Å². The average Bonchev–Trinajstić information content (AvgIpc) is 2.85. The van der Waals surface area contributed by atoms with E-state index in [0.29, 0.717) is 23.2 Å². The maximum atomic E-state index is 11.8. The van der Waals surface area contributed by atoms with E-state index < -0.39 is 0 Å². The van der Waals surface area contributed by atoms with Crippen LogP contribution in [0.15, 0.2) is 21.1 Å². The van der Waals surface area contributed by atoms with Crippen LogP contribution >= 0.6 is 11.6 Å². The Morgan fingerprint density at radius 2 is 2.24 bits per heavy atom. The number of alkyl halides is 1. The van der Waals surface area contributed by atoms with E-state index >= 15 is 0 Å². The van der Waals surface area contributed by atoms with E-state index in [0.717, 1.165) is 5.56 Å². The minimum absolute atomic E-state index is 0.207. The monoisotopic (exact) mass is 254 g/mol. The molecule has 2 heterocycles. The van der Waals surface area contributed by atoms with Gasteiger partial charge in [0.2, 0.25) is 0 Å². The first-order valence-corrected chi connectivity index (χ1v) is 5.53. The van der Waals surface area contributed by atoms with Crippen LogP contribution in [0, 0.1) is 13.8 Å². The summed E-state index contributed by atoms with van der Waals surface area (Å²) in [5, 5.41) is 6.22. The van der Waals surface area contributed by atoms with E-state index in [2.05, 4.69) is 10.5 Å². The Bertz CT molecular complexity index is 545. The summed E-state index contributed by atoms with van der Waals surface area (Å²) in [6.45, 7) is 3.50. The molecule has 0 spiro atoms. The highest BCUT2D eigenvalue weighted by molar-refractivity contribution is 6.17. The number of halogens is 1. The topological polar surface area (TPSA) is 68.3 Å². The number of anilines is 1. The largest absolute Gasteiger partial charge is 0.456 e. The Morgan fingerprint density at radius 1 is 1.47 bits per heavy atom. The Balaban J connectivity index is 2.14. The van der Waals surface area contributed by atoms with E-state index in [4.69, 9.17) is 20.5 Å². The van der Waals surface area contributed by atoms with Gasteiger partial charge in [-0.05, 0) is 19.9 Å². The lowest BCUT2D eigenvalue weighted by Gasteiger charge is -1.96. The molecule has 17 heavy (non-hydrogen) atoms. The molecule has 0 bridgehead atoms. The molecular formula is C11H11ClN2O3. The number of carbonyl (C=O) groups is 1. The van der Waals surface area contributed by atoms with Crippen molar-refractivity contribution in [3.63, 3.8) is 0 Å². The second-order valence-electron chi connectivity index (χ2n) is 3.60. The quantitative estimate of drug-likeness (QED) is 0.855. The standard InChI is InChI=1S/C11H11ClN2O3/c1-6-3-10(14-17-6)13-11(15)9-4-8(5-12)7(2)16-9/h3-4H,5H2,1-2H3,(H,13,14,15). The molecule has 2 aromatic rings. The molecule has 0 atom stereocenters. The molecule has 1 N–H and O–H groups in total. The Kier molecular flexibility index (Phi) is 3.19. The summed E-state index contributed by atoms with van der Waals surface area (Å²) >= 11 is 5.69. The molecule has 6 heteroatoms. The third-order valence-electron chi connectivity index (χ3n) is 2.26. The van der Waals surface area contributed by atoms with Gasteiger partial charge in [0.15, 0.2) is 11.6 Å². The highest BCUT2D eigenvalue weighted by Crippen LogP contribution is 2.18. The van der Waals surface area contributed by atoms with Crippen LogP contribution in [0.1, 0.15) is 27.6 Å². The molecule has 2 aromatic heterocycles. The zero-order valence-electron chi connectivity index (χ0n) is 9.41. The molecule has 0 unspecified atom stereocenters. The van der Waals surface area contributed by atoms with Crippen molar-refractivity contribution in [1.82, 2.24) is 5.16 Å². The fraction of sp³-hybridized carbons (Fsp3) is 0.273. The number of hydrogen-bond acceptors (Lipinski definition) is 4. The molecule has 0 aromatic carbocycles. The Labute approximate surface area is 103 Å². The van der Waals surface area contributed by atoms with Crippen molar-refractivity contribution in [1.29, 1.82) is 0 Å². The molecule has 2 rings (SSSR count). The van der Waals surface area contributed by atoms with Crippen molar-refractivity contribution in [3.05, 3.63) is 35.0 Å². The Hall–Kier alpha value is -1.75. The van der Waals surface area contributed by atoms with Crippen LogP contribution in [0.5, 0.6) is 0 Å². The first-order chi connectivity index (χ1) is 8.10. The maximum absolute atomic E-state index is 11.8. The summed E-state index contributed by atoms with van der Waals surface area (Å²) in [4.78, 5) is 11.8.